The Morgan fingerprint density at radius 1 is 0.912 bits per heavy atom. The molecule has 0 aliphatic carbocycles. The number of fused-ring (bicyclic) bond motifs is 1. The van der Waals surface area contributed by atoms with Gasteiger partial charge in [0.1, 0.15) is 5.69 Å². The summed E-state index contributed by atoms with van der Waals surface area (Å²) in [4.78, 5) is 14.1. The number of carbonyl (C=O) groups excluding carboxylic acids is 1. The van der Waals surface area contributed by atoms with Crippen LogP contribution in [0.25, 0.3) is 16.8 Å². The second kappa shape index (κ2) is 9.58. The van der Waals surface area contributed by atoms with Crippen LogP contribution in [0.4, 0.5) is 27.6 Å². The van der Waals surface area contributed by atoms with Crippen LogP contribution in [0.5, 0.6) is 0 Å². The first-order valence-corrected chi connectivity index (χ1v) is 11.5. The Morgan fingerprint density at radius 3 is 2.18 bits per heavy atom. The third-order valence-corrected chi connectivity index (χ3v) is 6.59. The molecule has 0 bridgehead atoms. The number of anilines is 1. The van der Waals surface area contributed by atoms with Gasteiger partial charge in [0.2, 0.25) is 5.82 Å². The Balaban J connectivity index is 1.76. The molecule has 0 fully saturated rings. The molecule has 3 aromatic rings. The Labute approximate surface area is 196 Å². The number of nitrogens with zero attached hydrogens (tertiary/aromatic N) is 2. The van der Waals surface area contributed by atoms with Crippen molar-refractivity contribution in [1.29, 1.82) is 0 Å². The highest BCUT2D eigenvalue weighted by Gasteiger charge is 2.37. The van der Waals surface area contributed by atoms with E-state index in [2.05, 4.69) is 12.0 Å². The number of hydrogen-bond acceptors (Lipinski definition) is 3. The number of unbranched alkanes of at least 4 members (excludes halogenated alkanes) is 1. The summed E-state index contributed by atoms with van der Waals surface area (Å²) in [6.07, 6.45) is 3.66. The van der Waals surface area contributed by atoms with Gasteiger partial charge in [-0.15, -0.1) is 11.8 Å². The van der Waals surface area contributed by atoms with Gasteiger partial charge in [0.05, 0.1) is 11.3 Å². The standard InChI is InChI=1S/C25H19F5N2OS/c1-3-4-11-34-18-10-9-14(15-7-5-6-8-16(15)18)12-17-13(2)31-32(25(17)33)24-22(29)20(27)19(26)21(28)23(24)30/h5-10,12H,3-4,11H2,1-2H3/b17-12+. The van der Waals surface area contributed by atoms with E-state index in [-0.39, 0.29) is 16.3 Å². The van der Waals surface area contributed by atoms with Gasteiger partial charge in [0.25, 0.3) is 5.91 Å². The number of amides is 1. The van der Waals surface area contributed by atoms with E-state index in [9.17, 15) is 26.7 Å². The van der Waals surface area contributed by atoms with Gasteiger partial charge >= 0.3 is 0 Å². The van der Waals surface area contributed by atoms with Crippen LogP contribution in [0.3, 0.4) is 0 Å². The molecule has 0 N–H and O–H groups in total. The van der Waals surface area contributed by atoms with Crippen molar-refractivity contribution >= 4 is 45.9 Å². The normalized spacial score (nSPS) is 15.0. The maximum Gasteiger partial charge on any atom is 0.280 e. The molecule has 3 nitrogen and oxygen atoms in total. The lowest BCUT2D eigenvalue weighted by atomic mass is 10.0. The SMILES string of the molecule is CCCCSc1ccc(/C=C2/C(=O)N(c3c(F)c(F)c(F)c(F)c3F)N=C2C)c2ccccc12. The summed E-state index contributed by atoms with van der Waals surface area (Å²) >= 11 is 1.73. The van der Waals surface area contributed by atoms with Crippen molar-refractivity contribution in [2.24, 2.45) is 5.10 Å². The van der Waals surface area contributed by atoms with Crippen LogP contribution in [0, 0.1) is 29.1 Å². The molecule has 0 saturated carbocycles. The number of hydrazone groups is 1. The molecule has 0 unspecified atom stereocenters. The highest BCUT2D eigenvalue weighted by molar-refractivity contribution is 7.99. The molecule has 3 aromatic carbocycles. The van der Waals surface area contributed by atoms with Crippen LogP contribution in [0.2, 0.25) is 0 Å². The summed E-state index contributed by atoms with van der Waals surface area (Å²) in [5, 5.41) is 5.84. The molecular formula is C25H19F5N2OS. The van der Waals surface area contributed by atoms with Crippen molar-refractivity contribution in [3.8, 4) is 0 Å². The minimum absolute atomic E-state index is 0.0134. The van der Waals surface area contributed by atoms with Gasteiger partial charge in [-0.1, -0.05) is 43.7 Å². The number of thioether (sulfide) groups is 1. The quantitative estimate of drug-likeness (QED) is 0.0912. The number of halogens is 5. The number of benzene rings is 3. The van der Waals surface area contributed by atoms with Gasteiger partial charge in [-0.05, 0) is 47.6 Å². The zero-order chi connectivity index (χ0) is 24.6. The van der Waals surface area contributed by atoms with Crippen molar-refractivity contribution in [2.75, 3.05) is 10.8 Å². The van der Waals surface area contributed by atoms with E-state index in [4.69, 9.17) is 0 Å². The molecule has 1 heterocycles. The summed E-state index contributed by atoms with van der Waals surface area (Å²) in [7, 11) is 0. The summed E-state index contributed by atoms with van der Waals surface area (Å²) in [6, 6.07) is 11.4. The first kappa shape index (κ1) is 23.9. The molecule has 0 radical (unpaired) electrons. The maximum absolute atomic E-state index is 14.3. The molecule has 1 aliphatic heterocycles. The van der Waals surface area contributed by atoms with Crippen LogP contribution >= 0.6 is 11.8 Å². The fraction of sp³-hybridized carbons (Fsp3) is 0.200. The first-order chi connectivity index (χ1) is 16.3. The number of hydrogen-bond donors (Lipinski definition) is 0. The third-order valence-electron chi connectivity index (χ3n) is 5.43. The highest BCUT2D eigenvalue weighted by atomic mass is 32.2. The van der Waals surface area contributed by atoms with Gasteiger partial charge in [-0.2, -0.15) is 10.1 Å². The summed E-state index contributed by atoms with van der Waals surface area (Å²) in [6.45, 7) is 3.54. The predicted octanol–water partition coefficient (Wildman–Crippen LogP) is 7.23. The molecule has 0 atom stereocenters. The molecular weight excluding hydrogens is 471 g/mol. The molecule has 176 valence electrons. The van der Waals surface area contributed by atoms with Crippen molar-refractivity contribution < 1.29 is 26.7 Å². The lowest BCUT2D eigenvalue weighted by Gasteiger charge is -2.15. The molecule has 9 heteroatoms. The lowest BCUT2D eigenvalue weighted by Crippen LogP contribution is -2.25. The Morgan fingerprint density at radius 2 is 1.53 bits per heavy atom. The molecule has 4 rings (SSSR count). The minimum atomic E-state index is -2.30. The van der Waals surface area contributed by atoms with Crippen LogP contribution in [0.1, 0.15) is 32.3 Å². The maximum atomic E-state index is 14.3. The average molecular weight is 490 g/mol. The predicted molar refractivity (Wildman–Crippen MR) is 124 cm³/mol. The van der Waals surface area contributed by atoms with Gasteiger partial charge in [0.15, 0.2) is 23.3 Å². The van der Waals surface area contributed by atoms with Crippen molar-refractivity contribution in [2.45, 2.75) is 31.6 Å². The molecule has 0 spiro atoms. The van der Waals surface area contributed by atoms with E-state index in [0.29, 0.717) is 5.56 Å². The van der Waals surface area contributed by atoms with Gasteiger partial charge < -0.3 is 0 Å². The monoisotopic (exact) mass is 490 g/mol. The van der Waals surface area contributed by atoms with E-state index < -0.39 is 40.7 Å². The zero-order valence-electron chi connectivity index (χ0n) is 18.3. The van der Waals surface area contributed by atoms with E-state index >= 15 is 0 Å². The third kappa shape index (κ3) is 4.09. The second-order valence-corrected chi connectivity index (χ2v) is 8.82. The Bertz CT molecular complexity index is 1340. The second-order valence-electron chi connectivity index (χ2n) is 7.68. The summed E-state index contributed by atoms with van der Waals surface area (Å²) < 4.78 is 69.4. The Hall–Kier alpha value is -3.20. The largest absolute Gasteiger partial charge is 0.280 e. The van der Waals surface area contributed by atoms with E-state index in [1.54, 1.807) is 11.8 Å². The minimum Gasteiger partial charge on any atom is -0.267 e. The zero-order valence-corrected chi connectivity index (χ0v) is 19.1. The van der Waals surface area contributed by atoms with Crippen molar-refractivity contribution in [3.05, 3.63) is 76.6 Å². The molecule has 0 saturated heterocycles. The first-order valence-electron chi connectivity index (χ1n) is 10.5. The van der Waals surface area contributed by atoms with Gasteiger partial charge in [-0.3, -0.25) is 4.79 Å². The van der Waals surface area contributed by atoms with E-state index in [0.717, 1.165) is 34.3 Å². The molecule has 1 aliphatic rings. The van der Waals surface area contributed by atoms with Crippen LogP contribution in [0.15, 0.2) is 52.0 Å². The smallest absolute Gasteiger partial charge is 0.267 e. The van der Waals surface area contributed by atoms with Gasteiger partial charge in [0, 0.05) is 4.90 Å². The van der Waals surface area contributed by atoms with E-state index in [1.807, 2.05) is 36.4 Å². The number of carbonyl (C=O) groups is 1. The van der Waals surface area contributed by atoms with Gasteiger partial charge in [-0.25, -0.2) is 22.0 Å². The Kier molecular flexibility index (Phi) is 6.74. The van der Waals surface area contributed by atoms with Crippen LogP contribution in [-0.4, -0.2) is 17.4 Å². The average Bonchev–Trinajstić information content (AvgIpc) is 3.11. The lowest BCUT2D eigenvalue weighted by molar-refractivity contribution is -0.114. The van der Waals surface area contributed by atoms with Crippen LogP contribution in [-0.2, 0) is 4.79 Å². The van der Waals surface area contributed by atoms with Crippen molar-refractivity contribution in [3.63, 3.8) is 0 Å². The van der Waals surface area contributed by atoms with Crippen LogP contribution < -0.4 is 5.01 Å². The molecule has 1 amide bonds. The fourth-order valence-corrected chi connectivity index (χ4v) is 4.79. The highest BCUT2D eigenvalue weighted by Crippen LogP contribution is 2.36. The fourth-order valence-electron chi connectivity index (χ4n) is 3.64. The summed E-state index contributed by atoms with van der Waals surface area (Å²) in [5.74, 6) is -10.9. The van der Waals surface area contributed by atoms with E-state index in [1.165, 1.54) is 13.0 Å². The number of rotatable bonds is 6. The summed E-state index contributed by atoms with van der Waals surface area (Å²) in [5.41, 5.74) is -0.677. The molecule has 34 heavy (non-hydrogen) atoms. The topological polar surface area (TPSA) is 32.7 Å². The van der Waals surface area contributed by atoms with Crippen molar-refractivity contribution in [1.82, 2.24) is 0 Å². The molecule has 0 aromatic heterocycles.